The van der Waals surface area contributed by atoms with Crippen LogP contribution in [0.15, 0.2) is 33.5 Å². The molecule has 0 saturated carbocycles. The van der Waals surface area contributed by atoms with Gasteiger partial charge in [-0.3, -0.25) is 0 Å². The van der Waals surface area contributed by atoms with Crippen LogP contribution in [-0.2, 0) is 9.53 Å². The lowest BCUT2D eigenvalue weighted by atomic mass is 10.1. The second kappa shape index (κ2) is 5.40. The van der Waals surface area contributed by atoms with Gasteiger partial charge in [0.2, 0.25) is 0 Å². The maximum absolute atomic E-state index is 11.7. The minimum atomic E-state index is -0.535. The second-order valence-corrected chi connectivity index (χ2v) is 5.09. The maximum Gasteiger partial charge on any atom is 0.343 e. The predicted octanol–water partition coefficient (Wildman–Crippen LogP) is 3.25. The molecule has 5 heteroatoms. The van der Waals surface area contributed by atoms with Crippen molar-refractivity contribution < 1.29 is 14.6 Å². The van der Waals surface area contributed by atoms with Crippen molar-refractivity contribution in [3.05, 3.63) is 38.9 Å². The Morgan fingerprint density at radius 1 is 1.53 bits per heavy atom. The summed E-state index contributed by atoms with van der Waals surface area (Å²) in [7, 11) is 0. The molecule has 0 unspecified atom stereocenters. The standard InChI is InChI=1S/C14H15NO3S/c1-4-18-14(17)12-9(3)15-10(13(12)16)7-11-8(2)5-6-19-11/h5-7,16H,4H2,1-3H3. The van der Waals surface area contributed by atoms with Crippen molar-refractivity contribution in [3.63, 3.8) is 0 Å². The lowest BCUT2D eigenvalue weighted by molar-refractivity contribution is -0.138. The van der Waals surface area contributed by atoms with Crippen molar-refractivity contribution >= 4 is 29.1 Å². The molecule has 0 bridgehead atoms. The fraction of sp³-hybridized carbons (Fsp3) is 0.286. The summed E-state index contributed by atoms with van der Waals surface area (Å²) in [5.74, 6) is -0.642. The molecule has 0 aromatic carbocycles. The van der Waals surface area contributed by atoms with E-state index in [1.54, 1.807) is 31.3 Å². The predicted molar refractivity (Wildman–Crippen MR) is 76.4 cm³/mol. The molecule has 1 aliphatic heterocycles. The van der Waals surface area contributed by atoms with E-state index in [0.717, 1.165) is 10.4 Å². The SMILES string of the molecule is CCOC(=O)C1=C(O)C(=Cc2sccc2C)N=C1C. The zero-order valence-corrected chi connectivity index (χ0v) is 11.9. The molecule has 2 rings (SSSR count). The number of esters is 1. The first-order chi connectivity index (χ1) is 9.04. The highest BCUT2D eigenvalue weighted by Crippen LogP contribution is 2.28. The van der Waals surface area contributed by atoms with Gasteiger partial charge in [0.1, 0.15) is 11.3 Å². The van der Waals surface area contributed by atoms with Gasteiger partial charge in [-0.15, -0.1) is 11.3 Å². The summed E-state index contributed by atoms with van der Waals surface area (Å²) in [6.45, 7) is 5.67. The number of thiophene rings is 1. The molecule has 0 amide bonds. The lowest BCUT2D eigenvalue weighted by Crippen LogP contribution is -2.13. The lowest BCUT2D eigenvalue weighted by Gasteiger charge is -2.02. The average Bonchev–Trinajstić information content (AvgIpc) is 2.86. The topological polar surface area (TPSA) is 58.9 Å². The zero-order chi connectivity index (χ0) is 14.0. The Morgan fingerprint density at radius 3 is 2.84 bits per heavy atom. The van der Waals surface area contributed by atoms with Crippen molar-refractivity contribution in [2.45, 2.75) is 20.8 Å². The molecule has 0 fully saturated rings. The first kappa shape index (κ1) is 13.5. The number of hydrogen-bond donors (Lipinski definition) is 1. The van der Waals surface area contributed by atoms with Gasteiger partial charge in [0.25, 0.3) is 0 Å². The van der Waals surface area contributed by atoms with E-state index < -0.39 is 5.97 Å². The monoisotopic (exact) mass is 277 g/mol. The van der Waals surface area contributed by atoms with Gasteiger partial charge in [0.15, 0.2) is 5.76 Å². The molecule has 100 valence electrons. The highest BCUT2D eigenvalue weighted by Gasteiger charge is 2.27. The molecule has 4 nitrogen and oxygen atoms in total. The quantitative estimate of drug-likeness (QED) is 0.863. The van der Waals surface area contributed by atoms with Crippen LogP contribution in [0.1, 0.15) is 24.3 Å². The Hall–Kier alpha value is -1.88. The Bertz CT molecular complexity index is 608. The average molecular weight is 277 g/mol. The highest BCUT2D eigenvalue weighted by atomic mass is 32.1. The zero-order valence-electron chi connectivity index (χ0n) is 11.1. The molecular weight excluding hydrogens is 262 g/mol. The van der Waals surface area contributed by atoms with Crippen LogP contribution in [0.2, 0.25) is 0 Å². The van der Waals surface area contributed by atoms with E-state index in [2.05, 4.69) is 4.99 Å². The van der Waals surface area contributed by atoms with Crippen LogP contribution < -0.4 is 0 Å². The molecule has 1 N–H and O–H groups in total. The fourth-order valence-corrected chi connectivity index (χ4v) is 2.65. The van der Waals surface area contributed by atoms with Gasteiger partial charge in [-0.25, -0.2) is 9.79 Å². The summed E-state index contributed by atoms with van der Waals surface area (Å²) in [6.07, 6.45) is 1.78. The molecule has 0 atom stereocenters. The van der Waals surface area contributed by atoms with Gasteiger partial charge >= 0.3 is 5.97 Å². The fourth-order valence-electron chi connectivity index (χ4n) is 1.79. The van der Waals surface area contributed by atoms with Crippen LogP contribution in [0.25, 0.3) is 6.08 Å². The van der Waals surface area contributed by atoms with E-state index >= 15 is 0 Å². The smallest absolute Gasteiger partial charge is 0.343 e. The number of carbonyl (C=O) groups is 1. The second-order valence-electron chi connectivity index (χ2n) is 4.14. The van der Waals surface area contributed by atoms with Gasteiger partial charge in [-0.1, -0.05) is 0 Å². The highest BCUT2D eigenvalue weighted by molar-refractivity contribution is 7.11. The van der Waals surface area contributed by atoms with Crippen molar-refractivity contribution in [3.8, 4) is 0 Å². The van der Waals surface area contributed by atoms with Crippen LogP contribution >= 0.6 is 11.3 Å². The Kier molecular flexibility index (Phi) is 3.85. The summed E-state index contributed by atoms with van der Waals surface area (Å²) in [4.78, 5) is 17.0. The van der Waals surface area contributed by atoms with E-state index in [1.165, 1.54) is 0 Å². The van der Waals surface area contributed by atoms with Gasteiger partial charge in [0, 0.05) is 4.88 Å². The number of ether oxygens (including phenoxy) is 1. The van der Waals surface area contributed by atoms with Gasteiger partial charge < -0.3 is 9.84 Å². The normalized spacial score (nSPS) is 17.0. The summed E-state index contributed by atoms with van der Waals surface area (Å²) in [5, 5.41) is 12.1. The summed E-state index contributed by atoms with van der Waals surface area (Å²) < 4.78 is 4.91. The van der Waals surface area contributed by atoms with E-state index in [9.17, 15) is 9.90 Å². The van der Waals surface area contributed by atoms with Crippen LogP contribution in [0.3, 0.4) is 0 Å². The Balaban J connectivity index is 2.39. The maximum atomic E-state index is 11.7. The summed E-state index contributed by atoms with van der Waals surface area (Å²) >= 11 is 1.56. The number of aliphatic hydroxyl groups is 1. The van der Waals surface area contributed by atoms with Gasteiger partial charge in [-0.2, -0.15) is 0 Å². The molecule has 2 heterocycles. The van der Waals surface area contributed by atoms with Gasteiger partial charge in [0.05, 0.1) is 12.3 Å². The Labute approximate surface area is 115 Å². The molecule has 0 spiro atoms. The molecule has 1 aromatic heterocycles. The molecule has 19 heavy (non-hydrogen) atoms. The third-order valence-corrected chi connectivity index (χ3v) is 3.74. The van der Waals surface area contributed by atoms with Crippen molar-refractivity contribution in [1.82, 2.24) is 0 Å². The Morgan fingerprint density at radius 2 is 2.26 bits per heavy atom. The van der Waals surface area contributed by atoms with Crippen molar-refractivity contribution in [1.29, 1.82) is 0 Å². The number of carbonyl (C=O) groups excluding carboxylic acids is 1. The number of aliphatic imine (C=N–C) groups is 1. The summed E-state index contributed by atoms with van der Waals surface area (Å²) in [6, 6.07) is 2.00. The number of aliphatic hydroxyl groups excluding tert-OH is 1. The van der Waals surface area contributed by atoms with Crippen LogP contribution in [0.4, 0.5) is 0 Å². The van der Waals surface area contributed by atoms with Crippen LogP contribution in [-0.4, -0.2) is 23.4 Å². The van der Waals surface area contributed by atoms with E-state index in [0.29, 0.717) is 11.4 Å². The molecule has 0 aliphatic carbocycles. The third kappa shape index (κ3) is 2.61. The number of aryl methyl sites for hydroxylation is 1. The largest absolute Gasteiger partial charge is 0.505 e. The molecular formula is C14H15NO3S. The molecule has 1 aromatic rings. The van der Waals surface area contributed by atoms with E-state index in [-0.39, 0.29) is 17.9 Å². The molecule has 0 radical (unpaired) electrons. The van der Waals surface area contributed by atoms with Crippen molar-refractivity contribution in [2.75, 3.05) is 6.61 Å². The minimum absolute atomic E-state index is 0.108. The number of nitrogens with zero attached hydrogens (tertiary/aromatic N) is 1. The number of rotatable bonds is 3. The van der Waals surface area contributed by atoms with Crippen molar-refractivity contribution in [2.24, 2.45) is 4.99 Å². The van der Waals surface area contributed by atoms with E-state index in [4.69, 9.17) is 4.74 Å². The summed E-state index contributed by atoms with van der Waals surface area (Å²) in [5.41, 5.74) is 2.16. The third-order valence-electron chi connectivity index (χ3n) is 2.78. The van der Waals surface area contributed by atoms with Crippen LogP contribution in [0, 0.1) is 6.92 Å². The minimum Gasteiger partial charge on any atom is -0.505 e. The first-order valence-electron chi connectivity index (χ1n) is 5.96. The number of hydrogen-bond acceptors (Lipinski definition) is 5. The van der Waals surface area contributed by atoms with E-state index in [1.807, 2.05) is 18.4 Å². The first-order valence-corrected chi connectivity index (χ1v) is 6.84. The van der Waals surface area contributed by atoms with Gasteiger partial charge in [-0.05, 0) is 43.9 Å². The van der Waals surface area contributed by atoms with Crippen LogP contribution in [0.5, 0.6) is 0 Å². The molecule has 1 aliphatic rings. The molecule has 0 saturated heterocycles.